The van der Waals surface area contributed by atoms with Crippen LogP contribution in [0.4, 0.5) is 11.4 Å². The van der Waals surface area contributed by atoms with Crippen LogP contribution in [0.3, 0.4) is 0 Å². The lowest BCUT2D eigenvalue weighted by Gasteiger charge is -2.21. The first kappa shape index (κ1) is 17.5. The molecule has 0 aromatic heterocycles. The summed E-state index contributed by atoms with van der Waals surface area (Å²) in [6, 6.07) is 5.56. The molecule has 0 heterocycles. The first-order chi connectivity index (χ1) is 11.1. The van der Waals surface area contributed by atoms with Gasteiger partial charge in [0.2, 0.25) is 11.8 Å². The van der Waals surface area contributed by atoms with Gasteiger partial charge in [-0.2, -0.15) is 0 Å². The van der Waals surface area contributed by atoms with E-state index in [4.69, 9.17) is 0 Å². The lowest BCUT2D eigenvalue weighted by molar-refractivity contribution is -0.116. The molecule has 0 bridgehead atoms. The molecule has 0 saturated heterocycles. The van der Waals surface area contributed by atoms with Gasteiger partial charge in [0.15, 0.2) is 0 Å². The topological polar surface area (TPSA) is 58.2 Å². The van der Waals surface area contributed by atoms with Crippen molar-refractivity contribution in [2.75, 3.05) is 10.6 Å². The Morgan fingerprint density at radius 2 is 1.74 bits per heavy atom. The molecule has 1 aliphatic rings. The van der Waals surface area contributed by atoms with Crippen LogP contribution in [-0.4, -0.2) is 11.8 Å². The Kier molecular flexibility index (Phi) is 6.63. The van der Waals surface area contributed by atoms with E-state index in [9.17, 15) is 9.59 Å². The minimum absolute atomic E-state index is 0.0592. The third kappa shape index (κ3) is 5.70. The Morgan fingerprint density at radius 3 is 2.39 bits per heavy atom. The van der Waals surface area contributed by atoms with Crippen LogP contribution >= 0.6 is 0 Å². The highest BCUT2D eigenvalue weighted by Gasteiger charge is 2.14. The second-order valence-electron chi connectivity index (χ2n) is 6.60. The molecular weight excluding hydrogens is 288 g/mol. The Morgan fingerprint density at radius 1 is 1.09 bits per heavy atom. The van der Waals surface area contributed by atoms with Gasteiger partial charge < -0.3 is 10.6 Å². The Bertz CT molecular complexity index is 548. The number of amides is 2. The molecule has 1 aromatic carbocycles. The first-order valence-corrected chi connectivity index (χ1v) is 8.73. The van der Waals surface area contributed by atoms with Gasteiger partial charge in [0.1, 0.15) is 0 Å². The predicted octanol–water partition coefficient (Wildman–Crippen LogP) is 4.64. The average Bonchev–Trinajstić information content (AvgIpc) is 2.52. The monoisotopic (exact) mass is 316 g/mol. The Hall–Kier alpha value is -1.84. The summed E-state index contributed by atoms with van der Waals surface area (Å²) in [7, 11) is 0. The highest BCUT2D eigenvalue weighted by molar-refractivity contribution is 5.95. The van der Waals surface area contributed by atoms with E-state index >= 15 is 0 Å². The molecule has 126 valence electrons. The molecule has 4 heteroatoms. The van der Waals surface area contributed by atoms with Crippen molar-refractivity contribution in [1.29, 1.82) is 0 Å². The van der Waals surface area contributed by atoms with Gasteiger partial charge >= 0.3 is 0 Å². The molecular formula is C19H28N2O2. The number of nitrogens with one attached hydrogen (secondary N) is 2. The van der Waals surface area contributed by atoms with Crippen LogP contribution in [-0.2, 0) is 9.59 Å². The third-order valence-electron chi connectivity index (χ3n) is 4.66. The first-order valence-electron chi connectivity index (χ1n) is 8.73. The van der Waals surface area contributed by atoms with E-state index in [2.05, 4.69) is 10.6 Å². The maximum atomic E-state index is 12.1. The molecule has 1 aromatic rings. The number of carbonyl (C=O) groups is 2. The quantitative estimate of drug-likeness (QED) is 0.803. The van der Waals surface area contributed by atoms with Crippen LogP contribution in [0.25, 0.3) is 0 Å². The van der Waals surface area contributed by atoms with Crippen LogP contribution in [0.5, 0.6) is 0 Å². The van der Waals surface area contributed by atoms with Crippen molar-refractivity contribution in [3.8, 4) is 0 Å². The molecule has 2 N–H and O–H groups in total. The average molecular weight is 316 g/mol. The molecule has 0 radical (unpaired) electrons. The van der Waals surface area contributed by atoms with Crippen molar-refractivity contribution in [2.45, 2.75) is 65.2 Å². The molecule has 0 spiro atoms. The van der Waals surface area contributed by atoms with Crippen molar-refractivity contribution < 1.29 is 9.59 Å². The van der Waals surface area contributed by atoms with Crippen molar-refractivity contribution >= 4 is 23.2 Å². The zero-order valence-electron chi connectivity index (χ0n) is 14.3. The van der Waals surface area contributed by atoms with Gasteiger partial charge in [-0.1, -0.05) is 38.2 Å². The Balaban J connectivity index is 1.81. The van der Waals surface area contributed by atoms with E-state index in [1.165, 1.54) is 45.4 Å². The summed E-state index contributed by atoms with van der Waals surface area (Å²) in [5.74, 6) is 0.773. The molecule has 1 saturated carbocycles. The molecule has 1 aliphatic carbocycles. The molecule has 2 amide bonds. The van der Waals surface area contributed by atoms with E-state index < -0.39 is 0 Å². The van der Waals surface area contributed by atoms with Crippen LogP contribution in [0.1, 0.15) is 63.9 Å². The zero-order chi connectivity index (χ0) is 16.7. The lowest BCUT2D eigenvalue weighted by atomic mass is 9.86. The highest BCUT2D eigenvalue weighted by Crippen LogP contribution is 2.28. The number of benzene rings is 1. The van der Waals surface area contributed by atoms with Crippen molar-refractivity contribution in [3.05, 3.63) is 23.8 Å². The van der Waals surface area contributed by atoms with E-state index in [0.717, 1.165) is 29.3 Å². The fourth-order valence-electron chi connectivity index (χ4n) is 3.34. The minimum Gasteiger partial charge on any atom is -0.326 e. The standard InChI is InChI=1S/C19H28N2O2/c1-14-17(20-15(2)22)11-7-12-18(14)21-19(23)13-6-10-16-8-4-3-5-9-16/h7,11-12,16H,3-6,8-10,13H2,1-2H3,(H,20,22)(H,21,23). The van der Waals surface area contributed by atoms with Crippen molar-refractivity contribution in [1.82, 2.24) is 0 Å². The molecule has 1 fully saturated rings. The third-order valence-corrected chi connectivity index (χ3v) is 4.66. The number of rotatable bonds is 6. The summed E-state index contributed by atoms with van der Waals surface area (Å²) in [4.78, 5) is 23.3. The van der Waals surface area contributed by atoms with Gasteiger partial charge in [-0.25, -0.2) is 0 Å². The van der Waals surface area contributed by atoms with E-state index in [1.54, 1.807) is 0 Å². The largest absolute Gasteiger partial charge is 0.326 e. The highest BCUT2D eigenvalue weighted by atomic mass is 16.2. The minimum atomic E-state index is -0.107. The summed E-state index contributed by atoms with van der Waals surface area (Å²) in [6.45, 7) is 3.39. The smallest absolute Gasteiger partial charge is 0.224 e. The van der Waals surface area contributed by atoms with Gasteiger partial charge in [-0.05, 0) is 43.4 Å². The van der Waals surface area contributed by atoms with Crippen LogP contribution in [0.15, 0.2) is 18.2 Å². The maximum Gasteiger partial charge on any atom is 0.224 e. The van der Waals surface area contributed by atoms with E-state index in [1.807, 2.05) is 25.1 Å². The predicted molar refractivity (Wildman–Crippen MR) is 94.5 cm³/mol. The zero-order valence-corrected chi connectivity index (χ0v) is 14.3. The van der Waals surface area contributed by atoms with Gasteiger partial charge in [0.25, 0.3) is 0 Å². The number of hydrogen-bond donors (Lipinski definition) is 2. The summed E-state index contributed by atoms with van der Waals surface area (Å²) in [5, 5.41) is 5.75. The number of hydrogen-bond acceptors (Lipinski definition) is 2. The Labute approximate surface area is 139 Å². The fourth-order valence-corrected chi connectivity index (χ4v) is 3.34. The summed E-state index contributed by atoms with van der Waals surface area (Å²) < 4.78 is 0. The van der Waals surface area contributed by atoms with Crippen molar-refractivity contribution in [3.63, 3.8) is 0 Å². The van der Waals surface area contributed by atoms with Crippen molar-refractivity contribution in [2.24, 2.45) is 5.92 Å². The molecule has 0 aliphatic heterocycles. The van der Waals surface area contributed by atoms with E-state index in [-0.39, 0.29) is 11.8 Å². The molecule has 0 atom stereocenters. The fraction of sp³-hybridized carbons (Fsp3) is 0.579. The SMILES string of the molecule is CC(=O)Nc1cccc(NC(=O)CCCC2CCCCC2)c1C. The maximum absolute atomic E-state index is 12.1. The molecule has 4 nitrogen and oxygen atoms in total. The summed E-state index contributed by atoms with van der Waals surface area (Å²) in [5.41, 5.74) is 2.42. The van der Waals surface area contributed by atoms with Crippen LogP contribution < -0.4 is 10.6 Å². The van der Waals surface area contributed by atoms with Gasteiger partial charge in [0, 0.05) is 24.7 Å². The number of carbonyl (C=O) groups excluding carboxylic acids is 2. The van der Waals surface area contributed by atoms with Gasteiger partial charge in [0.05, 0.1) is 0 Å². The van der Waals surface area contributed by atoms with Crippen LogP contribution in [0, 0.1) is 12.8 Å². The van der Waals surface area contributed by atoms with Gasteiger partial charge in [-0.3, -0.25) is 9.59 Å². The molecule has 23 heavy (non-hydrogen) atoms. The van der Waals surface area contributed by atoms with Gasteiger partial charge in [-0.15, -0.1) is 0 Å². The second-order valence-corrected chi connectivity index (χ2v) is 6.60. The molecule has 0 unspecified atom stereocenters. The van der Waals surface area contributed by atoms with Crippen LogP contribution in [0.2, 0.25) is 0 Å². The second kappa shape index (κ2) is 8.70. The molecule has 2 rings (SSSR count). The van der Waals surface area contributed by atoms with E-state index in [0.29, 0.717) is 6.42 Å². The normalized spacial score (nSPS) is 15.2. The number of anilines is 2. The summed E-state index contributed by atoms with van der Waals surface area (Å²) >= 11 is 0. The lowest BCUT2D eigenvalue weighted by Crippen LogP contribution is -2.14. The summed E-state index contributed by atoms with van der Waals surface area (Å²) in [6.07, 6.45) is 9.44.